The van der Waals surface area contributed by atoms with Crippen molar-refractivity contribution in [3.63, 3.8) is 0 Å². The molecule has 2 aromatic carbocycles. The number of amides is 1. The molecule has 0 saturated carbocycles. The maximum absolute atomic E-state index is 12.0. The van der Waals surface area contributed by atoms with E-state index in [4.69, 9.17) is 10.5 Å². The fraction of sp³-hybridized carbons (Fsp3) is 0.278. The summed E-state index contributed by atoms with van der Waals surface area (Å²) >= 11 is 0. The summed E-state index contributed by atoms with van der Waals surface area (Å²) in [5.74, 6) is 0. The molecule has 0 aliphatic carbocycles. The maximum Gasteiger partial charge on any atom is 0.411 e. The second kappa shape index (κ2) is 7.50. The zero-order valence-corrected chi connectivity index (χ0v) is 13.1. The molecular weight excluding hydrogens is 276 g/mol. The van der Waals surface area contributed by atoms with E-state index in [2.05, 4.69) is 5.32 Å². The lowest BCUT2D eigenvalue weighted by molar-refractivity contribution is 0.155. The van der Waals surface area contributed by atoms with E-state index in [1.807, 2.05) is 56.3 Å². The summed E-state index contributed by atoms with van der Waals surface area (Å²) in [5.41, 5.74) is 10.5. The lowest BCUT2D eigenvalue weighted by Gasteiger charge is -2.14. The average Bonchev–Trinajstić information content (AvgIpc) is 2.55. The Kier molecular flexibility index (Phi) is 5.42. The van der Waals surface area contributed by atoms with Crippen molar-refractivity contribution in [1.29, 1.82) is 0 Å². The lowest BCUT2D eigenvalue weighted by atomic mass is 10.0. The third-order valence-electron chi connectivity index (χ3n) is 3.58. The molecule has 3 N–H and O–H groups in total. The topological polar surface area (TPSA) is 64.3 Å². The Morgan fingerprint density at radius 2 is 1.77 bits per heavy atom. The Balaban J connectivity index is 2.04. The van der Waals surface area contributed by atoms with Crippen molar-refractivity contribution >= 4 is 17.5 Å². The van der Waals surface area contributed by atoms with E-state index in [1.165, 1.54) is 0 Å². The molecule has 0 unspecified atom stereocenters. The standard InChI is InChI=1S/C18H22N2O2/c1-3-14-11-17(15(4-2)10-16(14)19)20-18(21)22-12-13-8-6-5-7-9-13/h5-11H,3-4,12,19H2,1-2H3,(H,20,21). The number of ether oxygens (including phenoxy) is 1. The largest absolute Gasteiger partial charge is 0.444 e. The highest BCUT2D eigenvalue weighted by Crippen LogP contribution is 2.24. The third-order valence-corrected chi connectivity index (χ3v) is 3.58. The number of carbonyl (C=O) groups is 1. The molecule has 0 aliphatic rings. The van der Waals surface area contributed by atoms with E-state index in [0.29, 0.717) is 0 Å². The number of nitrogens with two attached hydrogens (primary N) is 1. The van der Waals surface area contributed by atoms with Crippen molar-refractivity contribution < 1.29 is 9.53 Å². The molecule has 4 heteroatoms. The van der Waals surface area contributed by atoms with E-state index in [-0.39, 0.29) is 6.61 Å². The van der Waals surface area contributed by atoms with Crippen molar-refractivity contribution in [2.45, 2.75) is 33.3 Å². The van der Waals surface area contributed by atoms with E-state index < -0.39 is 6.09 Å². The highest BCUT2D eigenvalue weighted by atomic mass is 16.5. The number of benzene rings is 2. The molecule has 0 radical (unpaired) electrons. The minimum absolute atomic E-state index is 0.254. The lowest BCUT2D eigenvalue weighted by Crippen LogP contribution is -2.15. The van der Waals surface area contributed by atoms with Gasteiger partial charge < -0.3 is 10.5 Å². The fourth-order valence-corrected chi connectivity index (χ4v) is 2.29. The molecule has 0 heterocycles. The van der Waals surface area contributed by atoms with Gasteiger partial charge in [-0.15, -0.1) is 0 Å². The number of hydrogen-bond donors (Lipinski definition) is 2. The highest BCUT2D eigenvalue weighted by Gasteiger charge is 2.10. The first kappa shape index (κ1) is 15.9. The van der Waals surface area contributed by atoms with Crippen LogP contribution in [0.15, 0.2) is 42.5 Å². The molecule has 0 fully saturated rings. The second-order valence-electron chi connectivity index (χ2n) is 5.10. The van der Waals surface area contributed by atoms with Gasteiger partial charge in [-0.05, 0) is 41.7 Å². The van der Waals surface area contributed by atoms with Crippen molar-refractivity contribution in [2.24, 2.45) is 0 Å². The molecular formula is C18H22N2O2. The number of nitrogens with one attached hydrogen (secondary N) is 1. The Labute approximate surface area is 131 Å². The first-order valence-electron chi connectivity index (χ1n) is 7.53. The molecule has 0 aliphatic heterocycles. The van der Waals surface area contributed by atoms with Gasteiger partial charge in [0.1, 0.15) is 6.61 Å². The Bertz CT molecular complexity index is 639. The zero-order chi connectivity index (χ0) is 15.9. The Hall–Kier alpha value is -2.49. The molecule has 0 spiro atoms. The van der Waals surface area contributed by atoms with Crippen LogP contribution in [0.25, 0.3) is 0 Å². The van der Waals surface area contributed by atoms with Gasteiger partial charge in [0.25, 0.3) is 0 Å². The van der Waals surface area contributed by atoms with Gasteiger partial charge in [0.05, 0.1) is 0 Å². The quantitative estimate of drug-likeness (QED) is 0.815. The highest BCUT2D eigenvalue weighted by molar-refractivity contribution is 5.86. The number of rotatable bonds is 5. The maximum atomic E-state index is 12.0. The molecule has 1 amide bonds. The van der Waals surface area contributed by atoms with Gasteiger partial charge in [0.2, 0.25) is 0 Å². The van der Waals surface area contributed by atoms with Crippen molar-refractivity contribution in [2.75, 3.05) is 11.1 Å². The van der Waals surface area contributed by atoms with E-state index >= 15 is 0 Å². The molecule has 0 bridgehead atoms. The summed E-state index contributed by atoms with van der Waals surface area (Å²) in [7, 11) is 0. The van der Waals surface area contributed by atoms with Gasteiger partial charge in [-0.1, -0.05) is 44.2 Å². The van der Waals surface area contributed by atoms with Crippen LogP contribution in [0.1, 0.15) is 30.5 Å². The van der Waals surface area contributed by atoms with Crippen LogP contribution in [0.5, 0.6) is 0 Å². The summed E-state index contributed by atoms with van der Waals surface area (Å²) in [4.78, 5) is 12.0. The summed E-state index contributed by atoms with van der Waals surface area (Å²) in [5, 5.41) is 2.82. The third kappa shape index (κ3) is 4.01. The number of nitrogen functional groups attached to an aromatic ring is 1. The van der Waals surface area contributed by atoms with Gasteiger partial charge in [0.15, 0.2) is 0 Å². The van der Waals surface area contributed by atoms with E-state index in [1.54, 1.807) is 0 Å². The molecule has 4 nitrogen and oxygen atoms in total. The molecule has 0 aromatic heterocycles. The molecule has 116 valence electrons. The summed E-state index contributed by atoms with van der Waals surface area (Å²) < 4.78 is 5.25. The van der Waals surface area contributed by atoms with Gasteiger partial charge in [-0.2, -0.15) is 0 Å². The van der Waals surface area contributed by atoms with E-state index in [0.717, 1.165) is 40.9 Å². The van der Waals surface area contributed by atoms with Crippen molar-refractivity contribution in [1.82, 2.24) is 0 Å². The minimum atomic E-state index is -0.453. The number of aryl methyl sites for hydroxylation is 2. The Morgan fingerprint density at radius 3 is 2.41 bits per heavy atom. The molecule has 22 heavy (non-hydrogen) atoms. The van der Waals surface area contributed by atoms with Gasteiger partial charge in [0, 0.05) is 11.4 Å². The summed E-state index contributed by atoms with van der Waals surface area (Å²) in [6.45, 7) is 4.32. The monoisotopic (exact) mass is 298 g/mol. The zero-order valence-electron chi connectivity index (χ0n) is 13.1. The van der Waals surface area contributed by atoms with Crippen LogP contribution in [0.2, 0.25) is 0 Å². The minimum Gasteiger partial charge on any atom is -0.444 e. The van der Waals surface area contributed by atoms with Crippen LogP contribution in [0.4, 0.5) is 16.2 Å². The predicted octanol–water partition coefficient (Wildman–Crippen LogP) is 4.14. The SMILES string of the molecule is CCc1cc(NC(=O)OCc2ccccc2)c(CC)cc1N. The van der Waals surface area contributed by atoms with Crippen LogP contribution >= 0.6 is 0 Å². The van der Waals surface area contributed by atoms with Crippen molar-refractivity contribution in [3.8, 4) is 0 Å². The number of hydrogen-bond acceptors (Lipinski definition) is 3. The summed E-state index contributed by atoms with van der Waals surface area (Å²) in [6.07, 6.45) is 1.16. The number of carbonyl (C=O) groups excluding carboxylic acids is 1. The summed E-state index contributed by atoms with van der Waals surface area (Å²) in [6, 6.07) is 13.5. The number of anilines is 2. The first-order chi connectivity index (χ1) is 10.6. The van der Waals surface area contributed by atoms with Crippen molar-refractivity contribution in [3.05, 3.63) is 59.2 Å². The molecule has 2 rings (SSSR count). The van der Waals surface area contributed by atoms with Crippen LogP contribution in [0.3, 0.4) is 0 Å². The predicted molar refractivity (Wildman–Crippen MR) is 89.9 cm³/mol. The normalized spacial score (nSPS) is 10.3. The van der Waals surface area contributed by atoms with Crippen LogP contribution in [-0.2, 0) is 24.2 Å². The smallest absolute Gasteiger partial charge is 0.411 e. The first-order valence-corrected chi connectivity index (χ1v) is 7.53. The van der Waals surface area contributed by atoms with Crippen LogP contribution in [-0.4, -0.2) is 6.09 Å². The molecule has 2 aromatic rings. The molecule has 0 saturated heterocycles. The second-order valence-corrected chi connectivity index (χ2v) is 5.10. The molecule has 0 atom stereocenters. The van der Waals surface area contributed by atoms with Crippen LogP contribution < -0.4 is 11.1 Å². The van der Waals surface area contributed by atoms with Gasteiger partial charge >= 0.3 is 6.09 Å². The van der Waals surface area contributed by atoms with E-state index in [9.17, 15) is 4.79 Å². The van der Waals surface area contributed by atoms with Gasteiger partial charge in [-0.3, -0.25) is 5.32 Å². The Morgan fingerprint density at radius 1 is 1.09 bits per heavy atom. The van der Waals surface area contributed by atoms with Gasteiger partial charge in [-0.25, -0.2) is 4.79 Å². The fourth-order valence-electron chi connectivity index (χ4n) is 2.29. The average molecular weight is 298 g/mol. The van der Waals surface area contributed by atoms with Crippen LogP contribution in [0, 0.1) is 0 Å².